The Labute approximate surface area is 224 Å². The number of piperazine rings is 1. The maximum absolute atomic E-state index is 12.6. The highest BCUT2D eigenvalue weighted by atomic mass is 79.9. The van der Waals surface area contributed by atoms with Crippen LogP contribution in [0.4, 0.5) is 11.4 Å². The topological polar surface area (TPSA) is 108 Å². The number of nitrogens with zero attached hydrogens (tertiary/aromatic N) is 2. The van der Waals surface area contributed by atoms with Crippen LogP contribution in [-0.2, 0) is 14.8 Å². The van der Waals surface area contributed by atoms with Gasteiger partial charge in [-0.05, 0) is 79.8 Å². The fraction of sp³-hybridized carbons (Fsp3) is 0.231. The summed E-state index contributed by atoms with van der Waals surface area (Å²) in [6, 6.07) is 19.3. The smallest absolute Gasteiger partial charge is 0.262 e. The lowest BCUT2D eigenvalue weighted by Gasteiger charge is -2.32. The minimum absolute atomic E-state index is 0.0215. The van der Waals surface area contributed by atoms with Gasteiger partial charge in [-0.15, -0.1) is 0 Å². The van der Waals surface area contributed by atoms with E-state index in [1.54, 1.807) is 48.5 Å². The van der Waals surface area contributed by atoms with E-state index in [0.29, 0.717) is 35.8 Å². The Hall–Kier alpha value is -3.41. The zero-order valence-electron chi connectivity index (χ0n) is 20.2. The highest BCUT2D eigenvalue weighted by Crippen LogP contribution is 2.21. The number of ether oxygens (including phenoxy) is 1. The van der Waals surface area contributed by atoms with E-state index in [1.807, 2.05) is 11.9 Å². The third-order valence-corrected chi connectivity index (χ3v) is 7.73. The minimum atomic E-state index is -3.76. The second kappa shape index (κ2) is 11.8. The van der Waals surface area contributed by atoms with Gasteiger partial charge in [0.05, 0.1) is 4.90 Å². The maximum Gasteiger partial charge on any atom is 0.262 e. The van der Waals surface area contributed by atoms with Crippen LogP contribution < -0.4 is 14.8 Å². The molecule has 0 atom stereocenters. The fourth-order valence-electron chi connectivity index (χ4n) is 3.68. The van der Waals surface area contributed by atoms with Crippen molar-refractivity contribution in [2.24, 2.45) is 0 Å². The van der Waals surface area contributed by atoms with Crippen molar-refractivity contribution in [3.63, 3.8) is 0 Å². The Bertz CT molecular complexity index is 1340. The molecule has 3 aromatic rings. The summed E-state index contributed by atoms with van der Waals surface area (Å²) < 4.78 is 34.0. The number of carbonyl (C=O) groups is 2. The van der Waals surface area contributed by atoms with Crippen molar-refractivity contribution >= 4 is 49.1 Å². The quantitative estimate of drug-likeness (QED) is 0.417. The molecule has 1 aliphatic rings. The van der Waals surface area contributed by atoms with Gasteiger partial charge in [0.25, 0.3) is 21.8 Å². The number of sulfonamides is 1. The number of anilines is 2. The van der Waals surface area contributed by atoms with Crippen LogP contribution in [-0.4, -0.2) is 69.9 Å². The molecule has 0 bridgehead atoms. The third kappa shape index (κ3) is 7.31. The van der Waals surface area contributed by atoms with Crippen molar-refractivity contribution in [1.29, 1.82) is 0 Å². The molecule has 9 nitrogen and oxygen atoms in total. The van der Waals surface area contributed by atoms with E-state index in [4.69, 9.17) is 4.74 Å². The van der Waals surface area contributed by atoms with Crippen molar-refractivity contribution in [3.8, 4) is 5.75 Å². The average molecular weight is 587 g/mol. The number of rotatable bonds is 8. The Morgan fingerprint density at radius 2 is 1.46 bits per heavy atom. The van der Waals surface area contributed by atoms with Gasteiger partial charge in [0.1, 0.15) is 5.75 Å². The monoisotopic (exact) mass is 586 g/mol. The molecule has 2 amide bonds. The highest BCUT2D eigenvalue weighted by molar-refractivity contribution is 9.10. The maximum atomic E-state index is 12.6. The van der Waals surface area contributed by atoms with E-state index >= 15 is 0 Å². The Balaban J connectivity index is 1.26. The van der Waals surface area contributed by atoms with Crippen molar-refractivity contribution < 1.29 is 22.7 Å². The van der Waals surface area contributed by atoms with Crippen LogP contribution in [0.5, 0.6) is 5.75 Å². The van der Waals surface area contributed by atoms with E-state index < -0.39 is 10.0 Å². The lowest BCUT2D eigenvalue weighted by molar-refractivity contribution is -0.118. The Morgan fingerprint density at radius 3 is 2.08 bits per heavy atom. The number of hydrogen-bond acceptors (Lipinski definition) is 6. The number of benzene rings is 3. The van der Waals surface area contributed by atoms with Gasteiger partial charge in [0.2, 0.25) is 0 Å². The molecular formula is C26H27BrN4O5S. The molecule has 3 aromatic carbocycles. The number of halogens is 1. The molecule has 1 aliphatic heterocycles. The molecule has 0 unspecified atom stereocenters. The van der Waals surface area contributed by atoms with Crippen LogP contribution in [0.1, 0.15) is 10.4 Å². The predicted molar refractivity (Wildman–Crippen MR) is 145 cm³/mol. The summed E-state index contributed by atoms with van der Waals surface area (Å²) in [5, 5.41) is 2.73. The van der Waals surface area contributed by atoms with Gasteiger partial charge in [-0.3, -0.25) is 14.3 Å². The van der Waals surface area contributed by atoms with Gasteiger partial charge < -0.3 is 19.9 Å². The summed E-state index contributed by atoms with van der Waals surface area (Å²) in [5.41, 5.74) is 1.56. The van der Waals surface area contributed by atoms with Crippen LogP contribution in [0.3, 0.4) is 0 Å². The minimum Gasteiger partial charge on any atom is -0.484 e. The molecule has 194 valence electrons. The van der Waals surface area contributed by atoms with Gasteiger partial charge in [-0.1, -0.05) is 15.9 Å². The number of likely N-dealkylation sites (N-methyl/N-ethyl adjacent to an activating group) is 1. The molecule has 0 saturated carbocycles. The molecule has 1 fully saturated rings. The lowest BCUT2D eigenvalue weighted by Crippen LogP contribution is -2.47. The summed E-state index contributed by atoms with van der Waals surface area (Å²) >= 11 is 3.31. The first-order chi connectivity index (χ1) is 17.7. The van der Waals surface area contributed by atoms with E-state index in [0.717, 1.165) is 17.6 Å². The molecule has 0 aromatic heterocycles. The number of nitrogens with one attached hydrogen (secondary N) is 2. The molecule has 37 heavy (non-hydrogen) atoms. The second-order valence-electron chi connectivity index (χ2n) is 8.59. The van der Waals surface area contributed by atoms with Crippen molar-refractivity contribution in [2.75, 3.05) is 49.9 Å². The van der Waals surface area contributed by atoms with E-state index in [9.17, 15) is 18.0 Å². The summed E-state index contributed by atoms with van der Waals surface area (Å²) in [6.07, 6.45) is 0. The number of carbonyl (C=O) groups excluding carboxylic acids is 2. The third-order valence-electron chi connectivity index (χ3n) is 5.81. The van der Waals surface area contributed by atoms with Gasteiger partial charge in [-0.2, -0.15) is 0 Å². The van der Waals surface area contributed by atoms with Gasteiger partial charge in [0.15, 0.2) is 6.61 Å². The number of hydrogen-bond donors (Lipinski definition) is 2. The van der Waals surface area contributed by atoms with Crippen LogP contribution in [0.15, 0.2) is 82.2 Å². The van der Waals surface area contributed by atoms with Gasteiger partial charge in [0, 0.05) is 47.6 Å². The second-order valence-corrected chi connectivity index (χ2v) is 11.2. The molecular weight excluding hydrogens is 560 g/mol. The highest BCUT2D eigenvalue weighted by Gasteiger charge is 2.20. The first-order valence-electron chi connectivity index (χ1n) is 11.6. The SMILES string of the molecule is CN1CCN(C(=O)c2ccc(NC(=O)COc3ccc(S(=O)(=O)Nc4ccc(Br)cc4)cc3)cc2)CC1. The summed E-state index contributed by atoms with van der Waals surface area (Å²) in [6.45, 7) is 2.83. The van der Waals surface area contributed by atoms with E-state index in [2.05, 4.69) is 30.9 Å². The standard InChI is InChI=1S/C26H27BrN4O5S/c1-30-14-16-31(17-15-30)26(33)19-2-6-21(7-3-19)28-25(32)18-36-23-10-12-24(13-11-23)37(34,35)29-22-8-4-20(27)5-9-22/h2-13,29H,14-18H2,1H3,(H,28,32). The van der Waals surface area contributed by atoms with Gasteiger partial charge >= 0.3 is 0 Å². The molecule has 1 saturated heterocycles. The first-order valence-corrected chi connectivity index (χ1v) is 13.9. The number of amides is 2. The van der Waals surface area contributed by atoms with Crippen LogP contribution in [0.2, 0.25) is 0 Å². The van der Waals surface area contributed by atoms with Crippen LogP contribution >= 0.6 is 15.9 Å². The molecule has 1 heterocycles. The van der Waals surface area contributed by atoms with Crippen molar-refractivity contribution in [1.82, 2.24) is 9.80 Å². The summed E-state index contributed by atoms with van der Waals surface area (Å²) in [4.78, 5) is 29.0. The Kier molecular flexibility index (Phi) is 8.47. The van der Waals surface area contributed by atoms with Crippen molar-refractivity contribution in [3.05, 3.63) is 82.8 Å². The zero-order valence-corrected chi connectivity index (χ0v) is 22.6. The first kappa shape index (κ1) is 26.6. The zero-order chi connectivity index (χ0) is 26.4. The fourth-order valence-corrected chi connectivity index (χ4v) is 5.00. The predicted octanol–water partition coefficient (Wildman–Crippen LogP) is 3.66. The molecule has 0 radical (unpaired) electrons. The van der Waals surface area contributed by atoms with E-state index in [1.165, 1.54) is 24.3 Å². The molecule has 2 N–H and O–H groups in total. The van der Waals surface area contributed by atoms with E-state index in [-0.39, 0.29) is 23.3 Å². The van der Waals surface area contributed by atoms with Crippen LogP contribution in [0.25, 0.3) is 0 Å². The van der Waals surface area contributed by atoms with Crippen LogP contribution in [0, 0.1) is 0 Å². The normalized spacial score (nSPS) is 14.2. The van der Waals surface area contributed by atoms with Gasteiger partial charge in [-0.25, -0.2) is 8.42 Å². The molecule has 0 aliphatic carbocycles. The molecule has 11 heteroatoms. The largest absolute Gasteiger partial charge is 0.484 e. The molecule has 0 spiro atoms. The molecule has 4 rings (SSSR count). The lowest BCUT2D eigenvalue weighted by atomic mass is 10.1. The average Bonchev–Trinajstić information content (AvgIpc) is 2.89. The summed E-state index contributed by atoms with van der Waals surface area (Å²) in [7, 11) is -1.73. The summed E-state index contributed by atoms with van der Waals surface area (Å²) in [5.74, 6) is -0.0515. The van der Waals surface area contributed by atoms with Crippen molar-refractivity contribution in [2.45, 2.75) is 4.90 Å². The Morgan fingerprint density at radius 1 is 0.865 bits per heavy atom.